The van der Waals surface area contributed by atoms with Crippen molar-refractivity contribution in [3.8, 4) is 78.7 Å². The SMILES string of the molecule is CC1(C)c2ccccc2-c2cc3c(cc21)Sc1ccccc1C31c2ccccc2-c2ccccc2-c2ccc(-c3nc(-c4ccccc4)cc(-c4cnc(-c5ccccc5)nc4)n3)cc21. The quantitative estimate of drug-likeness (QED) is 0.177. The molecule has 2 aromatic heterocycles. The summed E-state index contributed by atoms with van der Waals surface area (Å²) in [6.07, 6.45) is 3.75. The molecule has 1 aliphatic heterocycles. The van der Waals surface area contributed by atoms with Gasteiger partial charge in [-0.3, -0.25) is 0 Å². The molecule has 0 bridgehead atoms. The van der Waals surface area contributed by atoms with Crippen molar-refractivity contribution in [3.63, 3.8) is 0 Å². The van der Waals surface area contributed by atoms with Crippen molar-refractivity contribution in [2.75, 3.05) is 0 Å². The van der Waals surface area contributed by atoms with E-state index in [1.807, 2.05) is 60.6 Å². The van der Waals surface area contributed by atoms with Gasteiger partial charge in [0, 0.05) is 49.9 Å². The Morgan fingerprint density at radius 2 is 0.892 bits per heavy atom. The molecule has 65 heavy (non-hydrogen) atoms. The Hall–Kier alpha value is -7.73. The number of benzene rings is 8. The van der Waals surface area contributed by atoms with E-state index in [-0.39, 0.29) is 5.41 Å². The van der Waals surface area contributed by atoms with Crippen LogP contribution in [0.4, 0.5) is 0 Å². The van der Waals surface area contributed by atoms with E-state index >= 15 is 0 Å². The molecule has 0 N–H and O–H groups in total. The van der Waals surface area contributed by atoms with Gasteiger partial charge in [-0.05, 0) is 97.1 Å². The van der Waals surface area contributed by atoms with Crippen molar-refractivity contribution in [3.05, 3.63) is 240 Å². The van der Waals surface area contributed by atoms with Crippen LogP contribution in [0.3, 0.4) is 0 Å². The Bertz CT molecular complexity index is 3540. The van der Waals surface area contributed by atoms with Gasteiger partial charge in [0.1, 0.15) is 0 Å². The Morgan fingerprint density at radius 1 is 0.338 bits per heavy atom. The largest absolute Gasteiger partial charge is 0.236 e. The third-order valence-electron chi connectivity index (χ3n) is 13.9. The van der Waals surface area contributed by atoms with E-state index in [4.69, 9.17) is 19.9 Å². The number of hydrogen-bond acceptors (Lipinski definition) is 5. The fourth-order valence-electron chi connectivity index (χ4n) is 10.9. The summed E-state index contributed by atoms with van der Waals surface area (Å²) >= 11 is 1.90. The fourth-order valence-corrected chi connectivity index (χ4v) is 12.1. The molecule has 0 radical (unpaired) electrons. The number of rotatable bonds is 4. The maximum Gasteiger partial charge on any atom is 0.160 e. The van der Waals surface area contributed by atoms with E-state index in [9.17, 15) is 0 Å². The highest BCUT2D eigenvalue weighted by Crippen LogP contribution is 2.63. The van der Waals surface area contributed by atoms with E-state index in [0.29, 0.717) is 11.6 Å². The third-order valence-corrected chi connectivity index (χ3v) is 15.0. The average Bonchev–Trinajstić information content (AvgIpc) is 3.53. The molecule has 1 unspecified atom stereocenters. The van der Waals surface area contributed by atoms with E-state index in [2.05, 4.69) is 172 Å². The standard InChI is InChI=1S/C60H40N4S/c1-59(2)47-25-13-11-24-44(47)46-32-52-56(33-50(46)59)65-55-28-16-15-27-49(55)60(52)48-26-14-12-23-43(48)41-21-9-10-22-42(41)45-30-29-39(31-51(45)60)58-63-53(37-17-5-3-6-18-37)34-54(64-58)40-35-61-57(62-36-40)38-19-7-4-8-20-38/h3-36H,1-2H3. The van der Waals surface area contributed by atoms with E-state index in [1.165, 1.54) is 76.6 Å². The van der Waals surface area contributed by atoms with Crippen LogP contribution < -0.4 is 0 Å². The predicted molar refractivity (Wildman–Crippen MR) is 264 cm³/mol. The van der Waals surface area contributed by atoms with Gasteiger partial charge in [0.05, 0.1) is 16.8 Å². The summed E-state index contributed by atoms with van der Waals surface area (Å²) in [6.45, 7) is 4.75. The van der Waals surface area contributed by atoms with Gasteiger partial charge in [0.2, 0.25) is 0 Å². The number of aromatic nitrogens is 4. The lowest BCUT2D eigenvalue weighted by molar-refractivity contribution is 0.653. The second-order valence-corrected chi connectivity index (χ2v) is 18.8. The van der Waals surface area contributed by atoms with Crippen molar-refractivity contribution in [2.45, 2.75) is 34.5 Å². The second-order valence-electron chi connectivity index (χ2n) is 17.8. The van der Waals surface area contributed by atoms with Crippen LogP contribution in [0.25, 0.3) is 78.7 Å². The highest BCUT2D eigenvalue weighted by molar-refractivity contribution is 7.99. The van der Waals surface area contributed by atoms with Gasteiger partial charge in [-0.15, -0.1) is 0 Å². The van der Waals surface area contributed by atoms with Crippen LogP contribution in [0, 0.1) is 0 Å². The minimum Gasteiger partial charge on any atom is -0.236 e. The molecule has 1 atom stereocenters. The van der Waals surface area contributed by atoms with E-state index < -0.39 is 5.41 Å². The minimum absolute atomic E-state index is 0.139. The van der Waals surface area contributed by atoms with Gasteiger partial charge in [0.15, 0.2) is 11.6 Å². The van der Waals surface area contributed by atoms with Gasteiger partial charge < -0.3 is 0 Å². The highest BCUT2D eigenvalue weighted by Gasteiger charge is 2.50. The lowest BCUT2D eigenvalue weighted by atomic mass is 9.62. The summed E-state index contributed by atoms with van der Waals surface area (Å²) in [5.41, 5.74) is 19.7. The number of hydrogen-bond donors (Lipinski definition) is 0. The number of fused-ring (bicyclic) bond motifs is 14. The molecule has 0 saturated carbocycles. The molecule has 0 fully saturated rings. The molecule has 3 aliphatic rings. The van der Waals surface area contributed by atoms with Crippen molar-refractivity contribution in [2.24, 2.45) is 0 Å². The summed E-state index contributed by atoms with van der Waals surface area (Å²) in [7, 11) is 0. The van der Waals surface area contributed by atoms with Gasteiger partial charge in [-0.25, -0.2) is 19.9 Å². The van der Waals surface area contributed by atoms with Gasteiger partial charge in [0.25, 0.3) is 0 Å². The van der Waals surface area contributed by atoms with Crippen LogP contribution in [-0.2, 0) is 10.8 Å². The minimum atomic E-state index is -0.712. The molecule has 306 valence electrons. The zero-order valence-electron chi connectivity index (χ0n) is 35.8. The summed E-state index contributed by atoms with van der Waals surface area (Å²) < 4.78 is 0. The predicted octanol–water partition coefficient (Wildman–Crippen LogP) is 14.7. The smallest absolute Gasteiger partial charge is 0.160 e. The van der Waals surface area contributed by atoms with Crippen molar-refractivity contribution in [1.82, 2.24) is 19.9 Å². The molecule has 0 saturated heterocycles. The summed E-state index contributed by atoms with van der Waals surface area (Å²) in [5, 5.41) is 0. The molecule has 4 nitrogen and oxygen atoms in total. The Morgan fingerprint density at radius 3 is 1.60 bits per heavy atom. The van der Waals surface area contributed by atoms with Crippen LogP contribution in [0.5, 0.6) is 0 Å². The lowest BCUT2D eigenvalue weighted by Crippen LogP contribution is -2.35. The van der Waals surface area contributed by atoms with E-state index in [1.54, 1.807) is 0 Å². The first-order valence-electron chi connectivity index (χ1n) is 22.2. The van der Waals surface area contributed by atoms with Gasteiger partial charge in [-0.2, -0.15) is 0 Å². The van der Waals surface area contributed by atoms with Crippen LogP contribution >= 0.6 is 11.8 Å². The normalized spacial score (nSPS) is 15.7. The molecule has 10 aromatic rings. The van der Waals surface area contributed by atoms with Crippen LogP contribution in [0.1, 0.15) is 47.2 Å². The maximum atomic E-state index is 5.38. The fraction of sp³-hybridized carbons (Fsp3) is 0.0667. The van der Waals surface area contributed by atoms with Crippen LogP contribution in [0.2, 0.25) is 0 Å². The Kier molecular flexibility index (Phi) is 8.37. The molecule has 3 heterocycles. The first kappa shape index (κ1) is 37.8. The summed E-state index contributed by atoms with van der Waals surface area (Å²) in [5.74, 6) is 1.31. The van der Waals surface area contributed by atoms with Crippen molar-refractivity contribution in [1.29, 1.82) is 0 Å². The summed E-state index contributed by atoms with van der Waals surface area (Å²) in [6, 6.07) is 70.6. The van der Waals surface area contributed by atoms with E-state index in [0.717, 1.165) is 33.6 Å². The number of nitrogens with zero attached hydrogens (tertiary/aromatic N) is 4. The van der Waals surface area contributed by atoms with Gasteiger partial charge >= 0.3 is 0 Å². The third kappa shape index (κ3) is 5.65. The molecule has 13 rings (SSSR count). The highest BCUT2D eigenvalue weighted by atomic mass is 32.2. The first-order chi connectivity index (χ1) is 32.0. The summed E-state index contributed by atoms with van der Waals surface area (Å²) in [4.78, 5) is 22.9. The molecule has 0 amide bonds. The second kappa shape index (κ2) is 14.4. The first-order valence-corrected chi connectivity index (χ1v) is 23.0. The molecular formula is C60H40N4S. The Labute approximate surface area is 382 Å². The molecule has 5 heteroatoms. The molecule has 2 aliphatic carbocycles. The van der Waals surface area contributed by atoms with Crippen molar-refractivity contribution < 1.29 is 0 Å². The zero-order chi connectivity index (χ0) is 43.3. The zero-order valence-corrected chi connectivity index (χ0v) is 36.6. The topological polar surface area (TPSA) is 51.6 Å². The monoisotopic (exact) mass is 848 g/mol. The maximum absolute atomic E-state index is 5.38. The van der Waals surface area contributed by atoms with Crippen LogP contribution in [0.15, 0.2) is 216 Å². The van der Waals surface area contributed by atoms with Crippen molar-refractivity contribution >= 4 is 11.8 Å². The molecule has 8 aromatic carbocycles. The van der Waals surface area contributed by atoms with Crippen LogP contribution in [-0.4, -0.2) is 19.9 Å². The Balaban J connectivity index is 1.11. The molecular weight excluding hydrogens is 809 g/mol. The van der Waals surface area contributed by atoms with Gasteiger partial charge in [-0.1, -0.05) is 189 Å². The molecule has 1 spiro atoms. The lowest BCUT2D eigenvalue weighted by Gasteiger charge is -2.43. The average molecular weight is 849 g/mol.